The molecule has 1 aromatic heterocycles. The molecule has 1 aliphatic heterocycles. The molecule has 0 radical (unpaired) electrons. The van der Waals surface area contributed by atoms with Crippen LogP contribution in [0, 0.1) is 0 Å². The van der Waals surface area contributed by atoms with E-state index in [2.05, 4.69) is 9.97 Å². The lowest BCUT2D eigenvalue weighted by molar-refractivity contribution is -0.140. The van der Waals surface area contributed by atoms with Crippen molar-refractivity contribution in [3.05, 3.63) is 18.2 Å². The molecule has 3 rings (SSSR count). The number of nitrogens with one attached hydrogen (secondary N) is 1. The Labute approximate surface area is 139 Å². The number of ether oxygens (including phenoxy) is 2. The Bertz CT molecular complexity index is 693. The highest BCUT2D eigenvalue weighted by Crippen LogP contribution is 2.23. The highest BCUT2D eigenvalue weighted by atomic mass is 32.2. The van der Waals surface area contributed by atoms with Gasteiger partial charge in [0.25, 0.3) is 0 Å². The molecular formula is C16H21N3O3S. The van der Waals surface area contributed by atoms with Crippen LogP contribution in [0.25, 0.3) is 11.0 Å². The van der Waals surface area contributed by atoms with E-state index in [0.29, 0.717) is 18.8 Å². The Balaban J connectivity index is 1.62. The molecule has 1 fully saturated rings. The molecule has 1 amide bonds. The summed E-state index contributed by atoms with van der Waals surface area (Å²) < 4.78 is 10.9. The van der Waals surface area contributed by atoms with Crippen LogP contribution in [0.5, 0.6) is 5.75 Å². The first kappa shape index (κ1) is 16.1. The Kier molecular flexibility index (Phi) is 4.77. The molecule has 0 saturated carbocycles. The van der Waals surface area contributed by atoms with E-state index in [1.54, 1.807) is 7.11 Å². The van der Waals surface area contributed by atoms with Gasteiger partial charge in [0.1, 0.15) is 5.75 Å². The molecule has 0 bridgehead atoms. The highest BCUT2D eigenvalue weighted by molar-refractivity contribution is 7.99. The number of rotatable bonds is 4. The topological polar surface area (TPSA) is 67.4 Å². The molecule has 23 heavy (non-hydrogen) atoms. The molecule has 0 spiro atoms. The molecule has 1 aromatic carbocycles. The number of hydrogen-bond donors (Lipinski definition) is 1. The first-order valence-electron chi connectivity index (χ1n) is 7.65. The van der Waals surface area contributed by atoms with Crippen LogP contribution in [0.1, 0.15) is 13.8 Å². The summed E-state index contributed by atoms with van der Waals surface area (Å²) in [5.41, 5.74) is 1.78. The van der Waals surface area contributed by atoms with Crippen molar-refractivity contribution in [3.63, 3.8) is 0 Å². The predicted molar refractivity (Wildman–Crippen MR) is 90.0 cm³/mol. The van der Waals surface area contributed by atoms with Gasteiger partial charge in [-0.1, -0.05) is 11.8 Å². The van der Waals surface area contributed by atoms with Gasteiger partial charge >= 0.3 is 0 Å². The fourth-order valence-electron chi connectivity index (χ4n) is 2.76. The summed E-state index contributed by atoms with van der Waals surface area (Å²) in [4.78, 5) is 22.0. The van der Waals surface area contributed by atoms with Crippen molar-refractivity contribution in [2.45, 2.75) is 31.2 Å². The maximum absolute atomic E-state index is 12.4. The van der Waals surface area contributed by atoms with Crippen molar-refractivity contribution < 1.29 is 14.3 Å². The monoisotopic (exact) mass is 335 g/mol. The molecular weight excluding hydrogens is 314 g/mol. The van der Waals surface area contributed by atoms with Crippen molar-refractivity contribution >= 4 is 28.7 Å². The lowest BCUT2D eigenvalue weighted by Gasteiger charge is -2.35. The van der Waals surface area contributed by atoms with Crippen molar-refractivity contribution in [1.82, 2.24) is 14.9 Å². The molecule has 0 aliphatic carbocycles. The Morgan fingerprint density at radius 1 is 1.43 bits per heavy atom. The van der Waals surface area contributed by atoms with Gasteiger partial charge < -0.3 is 19.4 Å². The normalized spacial score (nSPS) is 21.6. The third-order valence-electron chi connectivity index (χ3n) is 3.77. The smallest absolute Gasteiger partial charge is 0.233 e. The first-order valence-corrected chi connectivity index (χ1v) is 8.63. The third-order valence-corrected chi connectivity index (χ3v) is 4.63. The average molecular weight is 335 g/mol. The molecule has 0 unspecified atom stereocenters. The van der Waals surface area contributed by atoms with E-state index in [4.69, 9.17) is 9.47 Å². The summed E-state index contributed by atoms with van der Waals surface area (Å²) in [6, 6.07) is 5.68. The minimum Gasteiger partial charge on any atom is -0.497 e. The zero-order valence-corrected chi connectivity index (χ0v) is 14.4. The van der Waals surface area contributed by atoms with Gasteiger partial charge in [0.15, 0.2) is 5.16 Å². The predicted octanol–water partition coefficient (Wildman–Crippen LogP) is 2.30. The number of carbonyl (C=O) groups is 1. The van der Waals surface area contributed by atoms with E-state index < -0.39 is 0 Å². The maximum atomic E-state index is 12.4. The molecule has 6 nitrogen and oxygen atoms in total. The number of aromatic amines is 1. The van der Waals surface area contributed by atoms with Crippen molar-refractivity contribution in [1.29, 1.82) is 0 Å². The summed E-state index contributed by atoms with van der Waals surface area (Å²) in [5, 5.41) is 0.746. The number of H-pyrrole nitrogens is 1. The summed E-state index contributed by atoms with van der Waals surface area (Å²) in [5.74, 6) is 1.27. The minimum absolute atomic E-state index is 0.0892. The summed E-state index contributed by atoms with van der Waals surface area (Å²) in [6.45, 7) is 5.30. The number of amides is 1. The van der Waals surface area contributed by atoms with Gasteiger partial charge in [-0.2, -0.15) is 0 Å². The summed E-state index contributed by atoms with van der Waals surface area (Å²) in [7, 11) is 1.64. The lowest BCUT2D eigenvalue weighted by atomic mass is 10.2. The van der Waals surface area contributed by atoms with Crippen LogP contribution in [0.3, 0.4) is 0 Å². The standard InChI is InChI=1S/C16H21N3O3S/c1-10-7-19(8-11(2)22-10)15(20)9-23-16-17-13-5-4-12(21-3)6-14(13)18-16/h4-6,10-11H,7-9H2,1-3H3,(H,17,18)/t10-,11+. The van der Waals surface area contributed by atoms with Gasteiger partial charge in [-0.05, 0) is 26.0 Å². The Morgan fingerprint density at radius 3 is 2.87 bits per heavy atom. The van der Waals surface area contributed by atoms with E-state index in [1.807, 2.05) is 36.9 Å². The van der Waals surface area contributed by atoms with Crippen molar-refractivity contribution in [2.24, 2.45) is 0 Å². The third kappa shape index (κ3) is 3.79. The van der Waals surface area contributed by atoms with E-state index in [9.17, 15) is 4.79 Å². The van der Waals surface area contributed by atoms with Gasteiger partial charge in [0.05, 0.1) is 36.1 Å². The number of nitrogens with zero attached hydrogens (tertiary/aromatic N) is 2. The van der Waals surface area contributed by atoms with E-state index >= 15 is 0 Å². The molecule has 7 heteroatoms. The van der Waals surface area contributed by atoms with Gasteiger partial charge in [-0.3, -0.25) is 4.79 Å². The van der Waals surface area contributed by atoms with Gasteiger partial charge in [-0.25, -0.2) is 4.98 Å². The average Bonchev–Trinajstić information content (AvgIpc) is 2.93. The molecule has 2 atom stereocenters. The van der Waals surface area contributed by atoms with Crippen LogP contribution in [0.4, 0.5) is 0 Å². The Morgan fingerprint density at radius 2 is 2.17 bits per heavy atom. The fraction of sp³-hybridized carbons (Fsp3) is 0.500. The SMILES string of the molecule is COc1ccc2nc(SCC(=O)N3C[C@@H](C)O[C@@H](C)C3)[nH]c2c1. The zero-order chi connectivity index (χ0) is 16.4. The molecule has 2 aromatic rings. The maximum Gasteiger partial charge on any atom is 0.233 e. The second kappa shape index (κ2) is 6.80. The van der Waals surface area contributed by atoms with E-state index in [1.165, 1.54) is 11.8 Å². The summed E-state index contributed by atoms with van der Waals surface area (Å²) in [6.07, 6.45) is 0.178. The minimum atomic E-state index is 0.0892. The molecule has 1 saturated heterocycles. The number of aromatic nitrogens is 2. The fourth-order valence-corrected chi connectivity index (χ4v) is 3.55. The summed E-state index contributed by atoms with van der Waals surface area (Å²) >= 11 is 1.42. The van der Waals surface area contributed by atoms with Crippen LogP contribution in [0.15, 0.2) is 23.4 Å². The number of hydrogen-bond acceptors (Lipinski definition) is 5. The number of fused-ring (bicyclic) bond motifs is 1. The number of morpholine rings is 1. The number of imidazole rings is 1. The largest absolute Gasteiger partial charge is 0.497 e. The van der Waals surface area contributed by atoms with Crippen LogP contribution in [-0.4, -0.2) is 58.9 Å². The van der Waals surface area contributed by atoms with Gasteiger partial charge in [-0.15, -0.1) is 0 Å². The van der Waals surface area contributed by atoms with Gasteiger partial charge in [0, 0.05) is 19.2 Å². The number of carbonyl (C=O) groups excluding carboxylic acids is 1. The number of thioether (sulfide) groups is 1. The number of methoxy groups -OCH3 is 1. The van der Waals surface area contributed by atoms with Gasteiger partial charge in [0.2, 0.25) is 5.91 Å². The van der Waals surface area contributed by atoms with Crippen molar-refractivity contribution in [2.75, 3.05) is 26.0 Å². The van der Waals surface area contributed by atoms with Crippen LogP contribution >= 0.6 is 11.8 Å². The molecule has 1 N–H and O–H groups in total. The molecule has 124 valence electrons. The second-order valence-electron chi connectivity index (χ2n) is 5.77. The van der Waals surface area contributed by atoms with Crippen LogP contribution < -0.4 is 4.74 Å². The van der Waals surface area contributed by atoms with E-state index in [-0.39, 0.29) is 18.1 Å². The second-order valence-corrected chi connectivity index (χ2v) is 6.73. The molecule has 2 heterocycles. The number of benzene rings is 1. The zero-order valence-electron chi connectivity index (χ0n) is 13.5. The Hall–Kier alpha value is -1.73. The van der Waals surface area contributed by atoms with E-state index in [0.717, 1.165) is 21.9 Å². The first-order chi connectivity index (χ1) is 11.0. The molecule has 1 aliphatic rings. The van der Waals surface area contributed by atoms with Crippen LogP contribution in [-0.2, 0) is 9.53 Å². The quantitative estimate of drug-likeness (QED) is 0.869. The van der Waals surface area contributed by atoms with Crippen LogP contribution in [0.2, 0.25) is 0 Å². The van der Waals surface area contributed by atoms with Crippen molar-refractivity contribution in [3.8, 4) is 5.75 Å². The lowest BCUT2D eigenvalue weighted by Crippen LogP contribution is -2.48. The highest BCUT2D eigenvalue weighted by Gasteiger charge is 2.25.